The summed E-state index contributed by atoms with van der Waals surface area (Å²) in [5, 5.41) is 11.7. The average molecular weight is 271 g/mol. The molecule has 0 aliphatic carbocycles. The lowest BCUT2D eigenvalue weighted by Gasteiger charge is -1.92. The van der Waals surface area contributed by atoms with E-state index in [2.05, 4.69) is 20.3 Å². The van der Waals surface area contributed by atoms with E-state index in [0.29, 0.717) is 5.69 Å². The molecule has 1 aromatic carbocycles. The summed E-state index contributed by atoms with van der Waals surface area (Å²) in [7, 11) is 0. The lowest BCUT2D eigenvalue weighted by atomic mass is 10.3. The third kappa shape index (κ3) is 1.96. The van der Waals surface area contributed by atoms with Crippen LogP contribution in [0.1, 0.15) is 0 Å². The molecule has 9 nitrogen and oxygen atoms in total. The highest BCUT2D eigenvalue weighted by Crippen LogP contribution is 2.26. The van der Waals surface area contributed by atoms with Crippen molar-refractivity contribution in [2.75, 3.05) is 5.73 Å². The Hall–Kier alpha value is -3.23. The largest absolute Gasteiger partial charge is 0.380 e. The van der Waals surface area contributed by atoms with Crippen LogP contribution in [0.15, 0.2) is 50.1 Å². The Morgan fingerprint density at radius 3 is 2.60 bits per heavy atom. The molecular weight excluding hydrogens is 262 g/mol. The van der Waals surface area contributed by atoms with E-state index in [1.165, 1.54) is 0 Å². The Bertz CT molecular complexity index is 904. The predicted molar refractivity (Wildman–Crippen MR) is 71.5 cm³/mol. The number of nitrogens with zero attached hydrogens (tertiary/aromatic N) is 4. The molecule has 0 fully saturated rings. The minimum atomic E-state index is -0.698. The molecule has 2 aromatic heterocycles. The lowest BCUT2D eigenvalue weighted by molar-refractivity contribution is 0.824. The van der Waals surface area contributed by atoms with Crippen molar-refractivity contribution in [3.63, 3.8) is 0 Å². The molecule has 0 aliphatic rings. The number of anilines is 1. The SMILES string of the molecule is Nc1nn2c(=O)[nH]c(=O)[nH]c2c1N=Nc1ccccc1. The van der Waals surface area contributed by atoms with Crippen LogP contribution in [0, 0.1) is 0 Å². The molecule has 0 saturated heterocycles. The van der Waals surface area contributed by atoms with E-state index in [9.17, 15) is 9.59 Å². The first-order valence-electron chi connectivity index (χ1n) is 5.63. The molecule has 2 heterocycles. The van der Waals surface area contributed by atoms with Crippen LogP contribution >= 0.6 is 0 Å². The number of H-pyrrole nitrogens is 2. The maximum absolute atomic E-state index is 11.5. The zero-order valence-corrected chi connectivity index (χ0v) is 10.1. The number of nitrogen functional groups attached to an aromatic ring is 1. The predicted octanol–water partition coefficient (Wildman–Crippen LogP) is 0.708. The zero-order valence-electron chi connectivity index (χ0n) is 10.1. The van der Waals surface area contributed by atoms with Crippen molar-refractivity contribution >= 4 is 22.8 Å². The van der Waals surface area contributed by atoms with Crippen molar-refractivity contribution in [1.29, 1.82) is 0 Å². The summed E-state index contributed by atoms with van der Waals surface area (Å²) in [6, 6.07) is 8.96. The number of aromatic amines is 2. The van der Waals surface area contributed by atoms with Gasteiger partial charge in [0.25, 0.3) is 0 Å². The van der Waals surface area contributed by atoms with E-state index in [1.807, 2.05) is 11.1 Å². The Labute approximate surface area is 110 Å². The molecule has 0 saturated carbocycles. The monoisotopic (exact) mass is 271 g/mol. The zero-order chi connectivity index (χ0) is 14.1. The van der Waals surface area contributed by atoms with E-state index < -0.39 is 11.4 Å². The van der Waals surface area contributed by atoms with Gasteiger partial charge in [0.05, 0.1) is 5.69 Å². The number of benzene rings is 1. The van der Waals surface area contributed by atoms with Crippen molar-refractivity contribution in [2.45, 2.75) is 0 Å². The third-order valence-electron chi connectivity index (χ3n) is 2.55. The third-order valence-corrected chi connectivity index (χ3v) is 2.55. The van der Waals surface area contributed by atoms with Gasteiger partial charge in [0, 0.05) is 0 Å². The molecule has 0 atom stereocenters. The molecule has 3 rings (SSSR count). The van der Waals surface area contributed by atoms with Gasteiger partial charge in [0.1, 0.15) is 0 Å². The van der Waals surface area contributed by atoms with E-state index in [1.54, 1.807) is 24.3 Å². The van der Waals surface area contributed by atoms with Crippen LogP contribution in [0.4, 0.5) is 17.2 Å². The quantitative estimate of drug-likeness (QED) is 0.591. The first-order chi connectivity index (χ1) is 9.65. The summed E-state index contributed by atoms with van der Waals surface area (Å²) >= 11 is 0. The highest BCUT2D eigenvalue weighted by atomic mass is 16.2. The molecule has 0 amide bonds. The van der Waals surface area contributed by atoms with Gasteiger partial charge in [-0.25, -0.2) is 9.59 Å². The van der Waals surface area contributed by atoms with Crippen molar-refractivity contribution in [1.82, 2.24) is 19.6 Å². The fourth-order valence-corrected chi connectivity index (χ4v) is 1.68. The number of rotatable bonds is 2. The number of azo groups is 1. The van der Waals surface area contributed by atoms with Gasteiger partial charge in [-0.05, 0) is 12.1 Å². The minimum absolute atomic E-state index is 0.00275. The van der Waals surface area contributed by atoms with Crippen LogP contribution < -0.4 is 17.1 Å². The first-order valence-corrected chi connectivity index (χ1v) is 5.63. The van der Waals surface area contributed by atoms with Gasteiger partial charge in [-0.2, -0.15) is 9.63 Å². The lowest BCUT2D eigenvalue weighted by Crippen LogP contribution is -2.28. The van der Waals surface area contributed by atoms with Gasteiger partial charge in [-0.1, -0.05) is 18.2 Å². The highest BCUT2D eigenvalue weighted by Gasteiger charge is 2.13. The van der Waals surface area contributed by atoms with Gasteiger partial charge >= 0.3 is 11.4 Å². The van der Waals surface area contributed by atoms with E-state index in [4.69, 9.17) is 5.73 Å². The number of aromatic nitrogens is 4. The summed E-state index contributed by atoms with van der Waals surface area (Å²) in [5.74, 6) is -0.00275. The summed E-state index contributed by atoms with van der Waals surface area (Å²) in [6.45, 7) is 0. The minimum Gasteiger partial charge on any atom is -0.380 e. The fourth-order valence-electron chi connectivity index (χ4n) is 1.68. The smallest absolute Gasteiger partial charge is 0.352 e. The maximum atomic E-state index is 11.5. The molecule has 0 bridgehead atoms. The summed E-state index contributed by atoms with van der Waals surface area (Å²) in [5.41, 5.74) is 5.15. The first kappa shape index (κ1) is 11.8. The fraction of sp³-hybridized carbons (Fsp3) is 0. The number of fused-ring (bicyclic) bond motifs is 1. The number of hydrogen-bond acceptors (Lipinski definition) is 6. The van der Waals surface area contributed by atoms with Crippen LogP contribution in [-0.4, -0.2) is 19.6 Å². The van der Waals surface area contributed by atoms with E-state index in [-0.39, 0.29) is 17.2 Å². The molecule has 9 heteroatoms. The van der Waals surface area contributed by atoms with Crippen molar-refractivity contribution < 1.29 is 0 Å². The van der Waals surface area contributed by atoms with Gasteiger partial charge in [0.15, 0.2) is 17.2 Å². The molecule has 100 valence electrons. The molecule has 0 unspecified atom stereocenters. The average Bonchev–Trinajstić information content (AvgIpc) is 2.74. The Morgan fingerprint density at radius 1 is 1.10 bits per heavy atom. The number of nitrogens with two attached hydrogens (primary N) is 1. The number of hydrogen-bond donors (Lipinski definition) is 3. The topological polar surface area (TPSA) is 134 Å². The normalized spacial score (nSPS) is 11.4. The van der Waals surface area contributed by atoms with Gasteiger partial charge in [0.2, 0.25) is 0 Å². The molecule has 3 aromatic rings. The molecule has 0 spiro atoms. The summed E-state index contributed by atoms with van der Waals surface area (Å²) in [4.78, 5) is 27.3. The molecular formula is C11H9N7O2. The maximum Gasteiger partial charge on any atom is 0.352 e. The second-order valence-corrected chi connectivity index (χ2v) is 3.91. The Morgan fingerprint density at radius 2 is 1.85 bits per heavy atom. The number of nitrogens with one attached hydrogen (secondary N) is 2. The van der Waals surface area contributed by atoms with Crippen LogP contribution in [0.5, 0.6) is 0 Å². The van der Waals surface area contributed by atoms with Gasteiger partial charge in [-0.3, -0.25) is 9.97 Å². The molecule has 0 aliphatic heterocycles. The van der Waals surface area contributed by atoms with Gasteiger partial charge < -0.3 is 5.73 Å². The van der Waals surface area contributed by atoms with Crippen LogP contribution in [0.2, 0.25) is 0 Å². The Kier molecular flexibility index (Phi) is 2.64. The second kappa shape index (κ2) is 4.46. The van der Waals surface area contributed by atoms with Crippen LogP contribution in [0.3, 0.4) is 0 Å². The van der Waals surface area contributed by atoms with Crippen molar-refractivity contribution in [3.05, 3.63) is 51.3 Å². The van der Waals surface area contributed by atoms with Gasteiger partial charge in [-0.15, -0.1) is 10.2 Å². The van der Waals surface area contributed by atoms with Crippen LogP contribution in [0.25, 0.3) is 5.65 Å². The Balaban J connectivity index is 2.17. The van der Waals surface area contributed by atoms with Crippen molar-refractivity contribution in [3.8, 4) is 0 Å². The summed E-state index contributed by atoms with van der Waals surface area (Å²) in [6.07, 6.45) is 0. The standard InChI is InChI=1S/C11H9N7O2/c12-8-7(16-15-6-4-2-1-3-5-6)9-13-10(19)14-11(20)18(9)17-8/h1-5H,(H2,12,17)(H2,13,14,19,20). The molecule has 20 heavy (non-hydrogen) atoms. The highest BCUT2D eigenvalue weighted by molar-refractivity contribution is 5.74. The summed E-state index contributed by atoms with van der Waals surface area (Å²) < 4.78 is 0.927. The van der Waals surface area contributed by atoms with Crippen molar-refractivity contribution in [2.24, 2.45) is 10.2 Å². The molecule has 4 N–H and O–H groups in total. The molecule has 0 radical (unpaired) electrons. The second-order valence-electron chi connectivity index (χ2n) is 3.91. The van der Waals surface area contributed by atoms with E-state index >= 15 is 0 Å². The van der Waals surface area contributed by atoms with Crippen LogP contribution in [-0.2, 0) is 0 Å². The van der Waals surface area contributed by atoms with E-state index in [0.717, 1.165) is 4.52 Å².